The molecular weight excluding hydrogens is 300 g/mol. The number of aromatic amines is 1. The van der Waals surface area contributed by atoms with Crippen LogP contribution in [0.3, 0.4) is 0 Å². The van der Waals surface area contributed by atoms with Gasteiger partial charge in [0.1, 0.15) is 5.82 Å². The van der Waals surface area contributed by atoms with Crippen molar-refractivity contribution in [3.8, 4) is 0 Å². The van der Waals surface area contributed by atoms with E-state index >= 15 is 0 Å². The third-order valence-electron chi connectivity index (χ3n) is 3.50. The van der Waals surface area contributed by atoms with Crippen LogP contribution < -0.4 is 5.11 Å². The van der Waals surface area contributed by atoms with E-state index in [2.05, 4.69) is 15.2 Å². The summed E-state index contributed by atoms with van der Waals surface area (Å²) in [7, 11) is 1.94. The molecular formula is C15H19N4O2S-. The van der Waals surface area contributed by atoms with Crippen LogP contribution in [0.2, 0.25) is 0 Å². The van der Waals surface area contributed by atoms with Crippen molar-refractivity contribution in [2.45, 2.75) is 38.8 Å². The number of aromatic nitrogens is 4. The van der Waals surface area contributed by atoms with Gasteiger partial charge in [-0.2, -0.15) is 0 Å². The molecule has 2 aromatic heterocycles. The topological polar surface area (TPSA) is 86.6 Å². The zero-order valence-corrected chi connectivity index (χ0v) is 14.0. The minimum Gasteiger partial charge on any atom is -0.544 e. The number of aryl methyl sites for hydroxylation is 2. The highest BCUT2D eigenvalue weighted by Crippen LogP contribution is 2.27. The van der Waals surface area contributed by atoms with Gasteiger partial charge in [-0.25, -0.2) is 4.98 Å². The van der Waals surface area contributed by atoms with E-state index in [-0.39, 0.29) is 4.91 Å². The first-order chi connectivity index (χ1) is 10.4. The lowest BCUT2D eigenvalue weighted by Crippen LogP contribution is -2.23. The summed E-state index contributed by atoms with van der Waals surface area (Å²) < 4.78 is 2.01. The van der Waals surface area contributed by atoms with Crippen molar-refractivity contribution in [2.24, 2.45) is 7.05 Å². The number of thioether (sulfide) groups is 1. The Balaban J connectivity index is 2.27. The minimum atomic E-state index is -1.23. The lowest BCUT2D eigenvalue weighted by molar-refractivity contribution is -0.297. The van der Waals surface area contributed by atoms with E-state index in [0.29, 0.717) is 5.16 Å². The zero-order chi connectivity index (χ0) is 16.3. The molecule has 0 spiro atoms. The average molecular weight is 319 g/mol. The van der Waals surface area contributed by atoms with Gasteiger partial charge in [-0.1, -0.05) is 6.92 Å². The number of carboxylic acids is 1. The number of nitrogens with zero attached hydrogens (tertiary/aromatic N) is 3. The van der Waals surface area contributed by atoms with Gasteiger partial charge in [0.05, 0.1) is 5.97 Å². The molecule has 0 atom stereocenters. The zero-order valence-electron chi connectivity index (χ0n) is 13.1. The Morgan fingerprint density at radius 2 is 2.23 bits per heavy atom. The Morgan fingerprint density at radius 1 is 1.50 bits per heavy atom. The number of hydrogen-bond acceptors (Lipinski definition) is 5. The predicted molar refractivity (Wildman–Crippen MR) is 84.1 cm³/mol. The highest BCUT2D eigenvalue weighted by atomic mass is 32.2. The maximum atomic E-state index is 11.4. The second kappa shape index (κ2) is 6.83. The second-order valence-corrected chi connectivity index (χ2v) is 6.11. The van der Waals surface area contributed by atoms with Crippen LogP contribution in [0.25, 0.3) is 6.08 Å². The van der Waals surface area contributed by atoms with E-state index in [1.54, 1.807) is 6.08 Å². The third-order valence-corrected chi connectivity index (χ3v) is 4.37. The smallest absolute Gasteiger partial charge is 0.213 e. The van der Waals surface area contributed by atoms with Crippen molar-refractivity contribution in [2.75, 3.05) is 0 Å². The van der Waals surface area contributed by atoms with Crippen LogP contribution in [0.5, 0.6) is 0 Å². The van der Waals surface area contributed by atoms with Gasteiger partial charge in [0.15, 0.2) is 0 Å². The number of hydrogen-bond donors (Lipinski definition) is 1. The number of carboxylic acid groups (broad SMARTS) is 1. The van der Waals surface area contributed by atoms with Gasteiger partial charge in [-0.3, -0.25) is 5.10 Å². The number of nitrogens with one attached hydrogen (secondary N) is 1. The van der Waals surface area contributed by atoms with Crippen molar-refractivity contribution < 1.29 is 9.90 Å². The number of carbonyl (C=O) groups is 1. The van der Waals surface area contributed by atoms with E-state index in [1.165, 1.54) is 0 Å². The molecule has 6 nitrogen and oxygen atoms in total. The molecule has 0 saturated heterocycles. The summed E-state index contributed by atoms with van der Waals surface area (Å²) in [4.78, 5) is 15.7. The van der Waals surface area contributed by atoms with Gasteiger partial charge in [0.25, 0.3) is 0 Å². The van der Waals surface area contributed by atoms with Crippen LogP contribution >= 0.6 is 11.8 Å². The fourth-order valence-electron chi connectivity index (χ4n) is 2.07. The number of H-pyrrole nitrogens is 1. The molecule has 0 aliphatic carbocycles. The third kappa shape index (κ3) is 3.59. The first-order valence-corrected chi connectivity index (χ1v) is 7.89. The summed E-state index contributed by atoms with van der Waals surface area (Å²) in [6.45, 7) is 5.97. The van der Waals surface area contributed by atoms with Crippen molar-refractivity contribution >= 4 is 23.8 Å². The van der Waals surface area contributed by atoms with E-state index in [0.717, 1.165) is 47.4 Å². The standard InChI is InChI=1S/C15H20N4O2S/c1-5-6-13-16-15(18-17-13)22-12(14(20)21)8-11-7-9(2)19(4)10(11)3/h7-8H,5-6H2,1-4H3,(H,20,21)(H,16,17,18)/p-1/b12-8-. The van der Waals surface area contributed by atoms with Gasteiger partial charge in [-0.05, 0) is 49.7 Å². The summed E-state index contributed by atoms with van der Waals surface area (Å²) >= 11 is 0.998. The van der Waals surface area contributed by atoms with Crippen LogP contribution in [0.15, 0.2) is 16.1 Å². The maximum absolute atomic E-state index is 11.4. The molecule has 1 N–H and O–H groups in total. The fourth-order valence-corrected chi connectivity index (χ4v) is 2.79. The summed E-state index contributed by atoms with van der Waals surface area (Å²) in [6, 6.07) is 1.94. The quantitative estimate of drug-likeness (QED) is 0.645. The van der Waals surface area contributed by atoms with Crippen LogP contribution in [0, 0.1) is 13.8 Å². The highest BCUT2D eigenvalue weighted by molar-refractivity contribution is 8.04. The van der Waals surface area contributed by atoms with Crippen LogP contribution in [0.4, 0.5) is 0 Å². The van der Waals surface area contributed by atoms with Crippen LogP contribution in [-0.2, 0) is 18.3 Å². The molecule has 0 radical (unpaired) electrons. The Bertz CT molecular complexity index is 715. The van der Waals surface area contributed by atoms with Gasteiger partial charge in [-0.15, -0.1) is 5.10 Å². The molecule has 0 bridgehead atoms. The predicted octanol–water partition coefficient (Wildman–Crippen LogP) is 1.60. The fraction of sp³-hybridized carbons (Fsp3) is 0.400. The lowest BCUT2D eigenvalue weighted by atomic mass is 10.2. The van der Waals surface area contributed by atoms with Crippen molar-refractivity contribution in [3.05, 3.63) is 33.7 Å². The molecule has 0 fully saturated rings. The molecule has 2 rings (SSSR count). The van der Waals surface area contributed by atoms with Gasteiger partial charge in [0, 0.05) is 29.8 Å². The van der Waals surface area contributed by atoms with Crippen LogP contribution in [-0.4, -0.2) is 25.7 Å². The van der Waals surface area contributed by atoms with Crippen molar-refractivity contribution in [1.29, 1.82) is 0 Å². The summed E-state index contributed by atoms with van der Waals surface area (Å²) in [6.07, 6.45) is 3.35. The number of carbonyl (C=O) groups excluding carboxylic acids is 1. The Morgan fingerprint density at radius 3 is 2.77 bits per heavy atom. The summed E-state index contributed by atoms with van der Waals surface area (Å²) in [5, 5.41) is 18.6. The number of aliphatic carboxylic acids is 1. The SMILES string of the molecule is CCCc1nc(S/C(=C\c2cc(C)n(C)c2C)C(=O)[O-])n[nH]1. The monoisotopic (exact) mass is 319 g/mol. The maximum Gasteiger partial charge on any atom is 0.213 e. The second-order valence-electron chi connectivity index (χ2n) is 5.10. The summed E-state index contributed by atoms with van der Waals surface area (Å²) in [5.41, 5.74) is 2.92. The van der Waals surface area contributed by atoms with Gasteiger partial charge >= 0.3 is 0 Å². The molecule has 2 aromatic rings. The first-order valence-electron chi connectivity index (χ1n) is 7.07. The Kier molecular flexibility index (Phi) is 5.07. The normalized spacial score (nSPS) is 11.9. The van der Waals surface area contributed by atoms with Gasteiger partial charge in [0.2, 0.25) is 5.16 Å². The number of rotatable bonds is 6. The van der Waals surface area contributed by atoms with E-state index in [1.807, 2.05) is 38.5 Å². The molecule has 0 aromatic carbocycles. The van der Waals surface area contributed by atoms with E-state index in [4.69, 9.17) is 0 Å². The van der Waals surface area contributed by atoms with Crippen LogP contribution in [0.1, 0.15) is 36.1 Å². The van der Waals surface area contributed by atoms with E-state index in [9.17, 15) is 9.90 Å². The molecule has 118 valence electrons. The highest BCUT2D eigenvalue weighted by Gasteiger charge is 2.11. The molecule has 0 saturated carbocycles. The molecule has 0 unspecified atom stereocenters. The summed E-state index contributed by atoms with van der Waals surface area (Å²) in [5.74, 6) is -0.470. The Hall–Kier alpha value is -2.02. The average Bonchev–Trinajstić information content (AvgIpc) is 3.00. The van der Waals surface area contributed by atoms with Crippen molar-refractivity contribution in [1.82, 2.24) is 19.7 Å². The molecule has 7 heteroatoms. The molecule has 0 aliphatic heterocycles. The van der Waals surface area contributed by atoms with E-state index < -0.39 is 5.97 Å². The van der Waals surface area contributed by atoms with Gasteiger partial charge < -0.3 is 14.5 Å². The minimum absolute atomic E-state index is 0.0933. The van der Waals surface area contributed by atoms with Crippen molar-refractivity contribution in [3.63, 3.8) is 0 Å². The molecule has 2 heterocycles. The molecule has 22 heavy (non-hydrogen) atoms. The largest absolute Gasteiger partial charge is 0.544 e. The molecule has 0 amide bonds. The lowest BCUT2D eigenvalue weighted by Gasteiger charge is -2.06. The Labute approximate surface area is 133 Å². The first kappa shape index (κ1) is 16.4. The molecule has 0 aliphatic rings.